The van der Waals surface area contributed by atoms with Gasteiger partial charge in [-0.15, -0.1) is 5.10 Å². The van der Waals surface area contributed by atoms with E-state index in [0.717, 1.165) is 16.7 Å². The molecule has 0 fully saturated rings. The van der Waals surface area contributed by atoms with Gasteiger partial charge >= 0.3 is 0 Å². The predicted octanol–water partition coefficient (Wildman–Crippen LogP) is 3.68. The number of hydrogen-bond acceptors (Lipinski definition) is 9. The van der Waals surface area contributed by atoms with E-state index >= 15 is 0 Å². The summed E-state index contributed by atoms with van der Waals surface area (Å²) in [5.41, 5.74) is 3.11. The fourth-order valence-corrected chi connectivity index (χ4v) is 3.24. The summed E-state index contributed by atoms with van der Waals surface area (Å²) in [5, 5.41) is 17.2. The van der Waals surface area contributed by atoms with Crippen molar-refractivity contribution in [2.45, 2.75) is 6.92 Å². The molecule has 0 bridgehead atoms. The lowest BCUT2D eigenvalue weighted by Crippen LogP contribution is -1.94. The first kappa shape index (κ1) is 16.4. The molecule has 5 rings (SSSR count). The number of nitrogens with zero attached hydrogens (tertiary/aromatic N) is 6. The summed E-state index contributed by atoms with van der Waals surface area (Å²) in [6, 6.07) is 14.5. The van der Waals surface area contributed by atoms with Gasteiger partial charge in [-0.25, -0.2) is 4.98 Å². The first-order valence-electron chi connectivity index (χ1n) is 8.35. The van der Waals surface area contributed by atoms with E-state index in [1.807, 2.05) is 42.5 Å². The second kappa shape index (κ2) is 6.43. The van der Waals surface area contributed by atoms with Crippen LogP contribution in [-0.2, 0) is 0 Å². The molecule has 0 radical (unpaired) electrons. The van der Waals surface area contributed by atoms with E-state index in [1.54, 1.807) is 6.92 Å². The number of benzene rings is 2. The van der Waals surface area contributed by atoms with Gasteiger partial charge < -0.3 is 15.2 Å². The highest BCUT2D eigenvalue weighted by atomic mass is 32.1. The van der Waals surface area contributed by atoms with Crippen LogP contribution in [-0.4, -0.2) is 33.4 Å². The van der Waals surface area contributed by atoms with Crippen LogP contribution < -0.4 is 10.1 Å². The number of anilines is 2. The van der Waals surface area contributed by atoms with E-state index < -0.39 is 0 Å². The zero-order chi connectivity index (χ0) is 19.1. The minimum Gasteiger partial charge on any atom is -0.493 e. The Morgan fingerprint density at radius 2 is 1.75 bits per heavy atom. The van der Waals surface area contributed by atoms with Gasteiger partial charge in [0.2, 0.25) is 11.8 Å². The molecule has 0 aliphatic carbocycles. The zero-order valence-electron chi connectivity index (χ0n) is 14.6. The molecule has 28 heavy (non-hydrogen) atoms. The van der Waals surface area contributed by atoms with Crippen LogP contribution in [0, 0.1) is 6.92 Å². The Hall–Kier alpha value is -3.79. The molecule has 0 saturated carbocycles. The van der Waals surface area contributed by atoms with E-state index in [9.17, 15) is 5.11 Å². The largest absolute Gasteiger partial charge is 0.493 e. The number of rotatable bonds is 4. The van der Waals surface area contributed by atoms with Gasteiger partial charge in [-0.2, -0.15) is 18.2 Å². The highest BCUT2D eigenvalue weighted by molar-refractivity contribution is 7.00. The maximum Gasteiger partial charge on any atom is 0.257 e. The number of ether oxygens (including phenoxy) is 1. The summed E-state index contributed by atoms with van der Waals surface area (Å²) in [7, 11) is 0. The lowest BCUT2D eigenvalue weighted by atomic mass is 10.3. The van der Waals surface area contributed by atoms with E-state index in [0.29, 0.717) is 28.9 Å². The standard InChI is InChI=1S/C18H13N7O2S/c1-10-8-16(26)25-18(19-10)21-17(22-25)20-11-2-4-12(5-3-11)27-13-6-7-14-15(9-13)24-28-23-14/h2-9,26H,1H3,(H,20,22). The maximum absolute atomic E-state index is 9.93. The summed E-state index contributed by atoms with van der Waals surface area (Å²) >= 11 is 1.18. The molecule has 2 aromatic carbocycles. The quantitative estimate of drug-likeness (QED) is 0.477. The van der Waals surface area contributed by atoms with Crippen molar-refractivity contribution in [3.63, 3.8) is 0 Å². The molecule has 2 N–H and O–H groups in total. The molecule has 0 atom stereocenters. The lowest BCUT2D eigenvalue weighted by Gasteiger charge is -2.07. The number of hydrogen-bond donors (Lipinski definition) is 2. The monoisotopic (exact) mass is 391 g/mol. The van der Waals surface area contributed by atoms with Gasteiger partial charge in [-0.1, -0.05) is 0 Å². The van der Waals surface area contributed by atoms with Gasteiger partial charge in [0.25, 0.3) is 5.78 Å². The molecule has 0 spiro atoms. The summed E-state index contributed by atoms with van der Waals surface area (Å²) < 4.78 is 15.5. The van der Waals surface area contributed by atoms with Gasteiger partial charge in [0.05, 0.1) is 11.7 Å². The minimum atomic E-state index is -0.0147. The van der Waals surface area contributed by atoms with Gasteiger partial charge in [0, 0.05) is 23.5 Å². The van der Waals surface area contributed by atoms with E-state index in [4.69, 9.17) is 4.74 Å². The van der Waals surface area contributed by atoms with Gasteiger partial charge in [0.15, 0.2) is 0 Å². The van der Waals surface area contributed by atoms with Gasteiger partial charge in [0.1, 0.15) is 22.5 Å². The minimum absolute atomic E-state index is 0.0147. The first-order valence-corrected chi connectivity index (χ1v) is 9.08. The first-order chi connectivity index (χ1) is 13.6. The number of aromatic nitrogens is 6. The van der Waals surface area contributed by atoms with Crippen LogP contribution in [0.4, 0.5) is 11.6 Å². The molecule has 9 nitrogen and oxygen atoms in total. The SMILES string of the molecule is Cc1cc(O)n2nc(Nc3ccc(Oc4ccc5nsnc5c4)cc3)nc2n1. The smallest absolute Gasteiger partial charge is 0.257 e. The van der Waals surface area contributed by atoms with Crippen LogP contribution in [0.2, 0.25) is 0 Å². The number of aromatic hydroxyl groups is 1. The second-order valence-corrected chi connectivity index (χ2v) is 6.60. The van der Waals surface area contributed by atoms with E-state index in [-0.39, 0.29) is 5.88 Å². The molecule has 3 aromatic heterocycles. The van der Waals surface area contributed by atoms with Crippen LogP contribution in [0.15, 0.2) is 48.5 Å². The fourth-order valence-electron chi connectivity index (χ4n) is 2.72. The third-order valence-corrected chi connectivity index (χ3v) is 4.55. The van der Waals surface area contributed by atoms with E-state index in [2.05, 4.69) is 29.1 Å². The number of nitrogens with one attached hydrogen (secondary N) is 1. The number of fused-ring (bicyclic) bond motifs is 2. The summed E-state index contributed by atoms with van der Waals surface area (Å²) in [5.74, 6) is 2.03. The van der Waals surface area contributed by atoms with Crippen LogP contribution in [0.1, 0.15) is 5.69 Å². The average Bonchev–Trinajstić information content (AvgIpc) is 3.29. The van der Waals surface area contributed by atoms with Gasteiger partial charge in [-0.3, -0.25) is 0 Å². The molecular formula is C18H13N7O2S. The van der Waals surface area contributed by atoms with Crippen molar-refractivity contribution in [3.05, 3.63) is 54.2 Å². The Morgan fingerprint density at radius 1 is 0.964 bits per heavy atom. The third-order valence-electron chi connectivity index (χ3n) is 3.99. The molecule has 10 heteroatoms. The van der Waals surface area contributed by atoms with Gasteiger partial charge in [-0.05, 0) is 43.3 Å². The average molecular weight is 391 g/mol. The van der Waals surface area contributed by atoms with Crippen molar-refractivity contribution in [1.29, 1.82) is 0 Å². The molecule has 0 aliphatic heterocycles. The Labute approximate surface area is 162 Å². The highest BCUT2D eigenvalue weighted by Crippen LogP contribution is 2.26. The Kier molecular flexibility index (Phi) is 3.76. The van der Waals surface area contributed by atoms with Crippen LogP contribution in [0.5, 0.6) is 17.4 Å². The molecule has 138 valence electrons. The normalized spacial score (nSPS) is 11.2. The van der Waals surface area contributed by atoms with Crippen LogP contribution >= 0.6 is 11.7 Å². The Balaban J connectivity index is 1.34. The van der Waals surface area contributed by atoms with Crippen molar-refractivity contribution < 1.29 is 9.84 Å². The molecular weight excluding hydrogens is 378 g/mol. The van der Waals surface area contributed by atoms with E-state index in [1.165, 1.54) is 22.3 Å². The molecule has 0 amide bonds. The summed E-state index contributed by atoms with van der Waals surface area (Å²) in [4.78, 5) is 8.51. The highest BCUT2D eigenvalue weighted by Gasteiger charge is 2.09. The molecule has 0 aliphatic rings. The number of aryl methyl sites for hydroxylation is 1. The molecule has 0 saturated heterocycles. The van der Waals surface area contributed by atoms with Crippen molar-refractivity contribution in [2.75, 3.05) is 5.32 Å². The molecule has 0 unspecified atom stereocenters. The van der Waals surface area contributed by atoms with Crippen molar-refractivity contribution in [2.24, 2.45) is 0 Å². The van der Waals surface area contributed by atoms with Crippen LogP contribution in [0.25, 0.3) is 16.8 Å². The molecule has 3 heterocycles. The lowest BCUT2D eigenvalue weighted by molar-refractivity contribution is 0.434. The molecule has 5 aromatic rings. The topological polar surface area (TPSA) is 110 Å². The Bertz CT molecular complexity index is 1300. The second-order valence-electron chi connectivity index (χ2n) is 6.07. The van der Waals surface area contributed by atoms with Crippen LogP contribution in [0.3, 0.4) is 0 Å². The van der Waals surface area contributed by atoms with Crippen molar-refractivity contribution in [3.8, 4) is 17.4 Å². The summed E-state index contributed by atoms with van der Waals surface area (Å²) in [6.07, 6.45) is 0. The zero-order valence-corrected chi connectivity index (χ0v) is 15.4. The van der Waals surface area contributed by atoms with Crippen molar-refractivity contribution in [1.82, 2.24) is 28.3 Å². The predicted molar refractivity (Wildman–Crippen MR) is 104 cm³/mol. The Morgan fingerprint density at radius 3 is 2.61 bits per heavy atom. The summed E-state index contributed by atoms with van der Waals surface area (Å²) in [6.45, 7) is 1.78. The maximum atomic E-state index is 9.93. The third kappa shape index (κ3) is 3.05. The fraction of sp³-hybridized carbons (Fsp3) is 0.0556. The van der Waals surface area contributed by atoms with Crippen molar-refractivity contribution >= 4 is 40.2 Å².